The minimum Gasteiger partial charge on any atom is -0.494 e. The minimum absolute atomic E-state index is 0.0131. The average molecular weight is 454 g/mol. The van der Waals surface area contributed by atoms with Crippen LogP contribution in [-0.4, -0.2) is 43.2 Å². The van der Waals surface area contributed by atoms with E-state index >= 15 is 0 Å². The Kier molecular flexibility index (Phi) is 6.90. The van der Waals surface area contributed by atoms with Crippen LogP contribution in [0.5, 0.6) is 5.75 Å². The molecule has 32 heavy (non-hydrogen) atoms. The summed E-state index contributed by atoms with van der Waals surface area (Å²) in [5, 5.41) is 3.96. The second-order valence-electron chi connectivity index (χ2n) is 7.61. The molecule has 4 rings (SSSR count). The van der Waals surface area contributed by atoms with Gasteiger partial charge in [0.05, 0.1) is 29.0 Å². The zero-order valence-electron chi connectivity index (χ0n) is 18.3. The summed E-state index contributed by atoms with van der Waals surface area (Å²) >= 11 is 1.66. The first-order valence-electron chi connectivity index (χ1n) is 10.9. The van der Waals surface area contributed by atoms with Crippen LogP contribution < -0.4 is 15.0 Å². The lowest BCUT2D eigenvalue weighted by atomic mass is 9.96. The van der Waals surface area contributed by atoms with E-state index in [1.54, 1.807) is 42.5 Å². The Bertz CT molecular complexity index is 1090. The molecule has 1 aliphatic heterocycles. The Balaban J connectivity index is 1.32. The van der Waals surface area contributed by atoms with Gasteiger partial charge < -0.3 is 19.7 Å². The summed E-state index contributed by atoms with van der Waals surface area (Å²) in [6, 6.07) is 12.8. The normalized spacial score (nSPS) is 14.4. The number of amides is 1. The van der Waals surface area contributed by atoms with Gasteiger partial charge in [-0.25, -0.2) is 9.78 Å². The van der Waals surface area contributed by atoms with Gasteiger partial charge in [0.1, 0.15) is 5.75 Å². The highest BCUT2D eigenvalue weighted by Crippen LogP contribution is 2.33. The first-order chi connectivity index (χ1) is 15.6. The zero-order chi connectivity index (χ0) is 22.5. The third-order valence-corrected chi connectivity index (χ3v) is 6.54. The fourth-order valence-electron chi connectivity index (χ4n) is 3.77. The van der Waals surface area contributed by atoms with Crippen molar-refractivity contribution in [2.24, 2.45) is 5.92 Å². The maximum atomic E-state index is 12.7. The van der Waals surface area contributed by atoms with Gasteiger partial charge in [0.2, 0.25) is 5.91 Å². The predicted molar refractivity (Wildman–Crippen MR) is 127 cm³/mol. The molecule has 0 spiro atoms. The molecular formula is C24H27N3O4S. The number of piperidine rings is 1. The summed E-state index contributed by atoms with van der Waals surface area (Å²) in [6.07, 6.45) is 1.54. The van der Waals surface area contributed by atoms with Crippen molar-refractivity contribution >= 4 is 44.2 Å². The van der Waals surface area contributed by atoms with Crippen molar-refractivity contribution in [3.63, 3.8) is 0 Å². The summed E-state index contributed by atoms with van der Waals surface area (Å²) in [5.41, 5.74) is 2.13. The third kappa shape index (κ3) is 5.02. The number of aromatic nitrogens is 1. The van der Waals surface area contributed by atoms with E-state index in [1.165, 1.54) is 0 Å². The number of anilines is 2. The molecule has 0 unspecified atom stereocenters. The van der Waals surface area contributed by atoms with Gasteiger partial charge in [-0.15, -0.1) is 0 Å². The van der Waals surface area contributed by atoms with Gasteiger partial charge in [0.25, 0.3) is 0 Å². The summed E-state index contributed by atoms with van der Waals surface area (Å²) < 4.78 is 11.7. The van der Waals surface area contributed by atoms with Crippen LogP contribution in [0.15, 0.2) is 42.5 Å². The van der Waals surface area contributed by atoms with Crippen LogP contribution in [0.2, 0.25) is 0 Å². The molecular weight excluding hydrogens is 426 g/mol. The molecule has 8 heteroatoms. The molecule has 3 aromatic rings. The van der Waals surface area contributed by atoms with Gasteiger partial charge in [-0.05, 0) is 69.2 Å². The number of hydrogen-bond acceptors (Lipinski definition) is 7. The summed E-state index contributed by atoms with van der Waals surface area (Å²) in [4.78, 5) is 31.5. The largest absolute Gasteiger partial charge is 0.494 e. The smallest absolute Gasteiger partial charge is 0.338 e. The van der Waals surface area contributed by atoms with E-state index in [2.05, 4.69) is 10.2 Å². The van der Waals surface area contributed by atoms with Crippen LogP contribution in [0.25, 0.3) is 10.2 Å². The van der Waals surface area contributed by atoms with E-state index in [9.17, 15) is 9.59 Å². The molecule has 2 aromatic carbocycles. The van der Waals surface area contributed by atoms with Gasteiger partial charge in [-0.2, -0.15) is 0 Å². The van der Waals surface area contributed by atoms with E-state index in [4.69, 9.17) is 14.5 Å². The number of carbonyl (C=O) groups is 2. The monoisotopic (exact) mass is 453 g/mol. The fourth-order valence-corrected chi connectivity index (χ4v) is 4.81. The lowest BCUT2D eigenvalue weighted by molar-refractivity contribution is -0.120. The van der Waals surface area contributed by atoms with Gasteiger partial charge in [-0.3, -0.25) is 4.79 Å². The predicted octanol–water partition coefficient (Wildman–Crippen LogP) is 4.73. The number of ether oxygens (including phenoxy) is 2. The molecule has 0 bridgehead atoms. The Morgan fingerprint density at radius 3 is 2.53 bits per heavy atom. The van der Waals surface area contributed by atoms with Crippen LogP contribution >= 0.6 is 11.3 Å². The number of fused-ring (bicyclic) bond motifs is 1. The molecule has 1 N–H and O–H groups in total. The SMILES string of the molecule is CCOC(=O)c1ccc(NC(=O)C2CCN(c3nc4ccc(OCC)cc4s3)CC2)cc1. The Morgan fingerprint density at radius 2 is 1.84 bits per heavy atom. The van der Waals surface area contributed by atoms with Crippen LogP contribution in [0.3, 0.4) is 0 Å². The molecule has 0 aliphatic carbocycles. The van der Waals surface area contributed by atoms with Crippen molar-refractivity contribution in [2.75, 3.05) is 36.5 Å². The molecule has 168 valence electrons. The third-order valence-electron chi connectivity index (χ3n) is 5.46. The summed E-state index contributed by atoms with van der Waals surface area (Å²) in [6.45, 7) is 6.30. The van der Waals surface area contributed by atoms with Crippen LogP contribution in [0.4, 0.5) is 10.8 Å². The average Bonchev–Trinajstić information content (AvgIpc) is 3.23. The van der Waals surface area contributed by atoms with Gasteiger partial charge in [0, 0.05) is 24.7 Å². The number of esters is 1. The zero-order valence-corrected chi connectivity index (χ0v) is 19.1. The number of hydrogen-bond donors (Lipinski definition) is 1. The first kappa shape index (κ1) is 22.1. The van der Waals surface area contributed by atoms with Crippen LogP contribution in [-0.2, 0) is 9.53 Å². The minimum atomic E-state index is -0.360. The van der Waals surface area contributed by atoms with Crippen molar-refractivity contribution in [3.8, 4) is 5.75 Å². The summed E-state index contributed by atoms with van der Waals surface area (Å²) in [5.74, 6) is 0.469. The second-order valence-corrected chi connectivity index (χ2v) is 8.62. The maximum Gasteiger partial charge on any atom is 0.338 e. The molecule has 7 nitrogen and oxygen atoms in total. The highest BCUT2D eigenvalue weighted by molar-refractivity contribution is 7.22. The van der Waals surface area contributed by atoms with E-state index in [0.717, 1.165) is 47.0 Å². The Labute approximate surface area is 191 Å². The molecule has 0 atom stereocenters. The lowest BCUT2D eigenvalue weighted by Crippen LogP contribution is -2.38. The topological polar surface area (TPSA) is 80.8 Å². The van der Waals surface area contributed by atoms with E-state index in [0.29, 0.717) is 24.5 Å². The molecule has 2 heterocycles. The highest BCUT2D eigenvalue weighted by Gasteiger charge is 2.26. The van der Waals surface area contributed by atoms with Crippen molar-refractivity contribution in [2.45, 2.75) is 26.7 Å². The highest BCUT2D eigenvalue weighted by atomic mass is 32.1. The number of rotatable bonds is 7. The quantitative estimate of drug-likeness (QED) is 0.521. The first-order valence-corrected chi connectivity index (χ1v) is 11.8. The molecule has 1 saturated heterocycles. The number of nitrogens with zero attached hydrogens (tertiary/aromatic N) is 2. The number of thiazole rings is 1. The summed E-state index contributed by atoms with van der Waals surface area (Å²) in [7, 11) is 0. The number of carbonyl (C=O) groups excluding carboxylic acids is 2. The van der Waals surface area contributed by atoms with E-state index < -0.39 is 0 Å². The molecule has 1 fully saturated rings. The molecule has 1 aliphatic rings. The molecule has 1 aromatic heterocycles. The van der Waals surface area contributed by atoms with Gasteiger partial charge in [0.15, 0.2) is 5.13 Å². The lowest BCUT2D eigenvalue weighted by Gasteiger charge is -2.31. The van der Waals surface area contributed by atoms with Crippen molar-refractivity contribution in [3.05, 3.63) is 48.0 Å². The van der Waals surface area contributed by atoms with Gasteiger partial charge in [-0.1, -0.05) is 11.3 Å². The Morgan fingerprint density at radius 1 is 1.09 bits per heavy atom. The van der Waals surface area contributed by atoms with E-state index in [-0.39, 0.29) is 17.8 Å². The van der Waals surface area contributed by atoms with Crippen LogP contribution in [0, 0.1) is 5.92 Å². The van der Waals surface area contributed by atoms with Crippen molar-refractivity contribution in [1.29, 1.82) is 0 Å². The van der Waals surface area contributed by atoms with Crippen molar-refractivity contribution < 1.29 is 19.1 Å². The van der Waals surface area contributed by atoms with Gasteiger partial charge >= 0.3 is 5.97 Å². The van der Waals surface area contributed by atoms with Crippen LogP contribution in [0.1, 0.15) is 37.0 Å². The molecule has 0 radical (unpaired) electrons. The molecule has 0 saturated carbocycles. The second kappa shape index (κ2) is 9.99. The maximum absolute atomic E-state index is 12.7. The van der Waals surface area contributed by atoms with E-state index in [1.807, 2.05) is 25.1 Å². The Hall–Kier alpha value is -3.13. The van der Waals surface area contributed by atoms with Crippen molar-refractivity contribution in [1.82, 2.24) is 4.98 Å². The number of benzene rings is 2. The number of nitrogens with one attached hydrogen (secondary N) is 1. The standard InChI is InChI=1S/C24H27N3O4S/c1-3-30-19-9-10-20-21(15-19)32-24(26-20)27-13-11-16(12-14-27)22(28)25-18-7-5-17(6-8-18)23(29)31-4-2/h5-10,15-16H,3-4,11-14H2,1-2H3,(H,25,28). The molecule has 1 amide bonds. The fraction of sp³-hybridized carbons (Fsp3) is 0.375.